The van der Waals surface area contributed by atoms with Crippen molar-refractivity contribution in [2.75, 3.05) is 18.9 Å². The molecule has 1 aromatic carbocycles. The van der Waals surface area contributed by atoms with E-state index in [1.807, 2.05) is 37.3 Å². The number of nitrogen functional groups attached to an aromatic ring is 1. The van der Waals surface area contributed by atoms with Gasteiger partial charge in [0.1, 0.15) is 5.82 Å². The lowest BCUT2D eigenvalue weighted by molar-refractivity contribution is -0.176. The number of anilines is 1. The molecule has 2 aromatic rings. The van der Waals surface area contributed by atoms with Crippen LogP contribution in [-0.4, -0.2) is 33.9 Å². The van der Waals surface area contributed by atoms with Crippen LogP contribution >= 0.6 is 0 Å². The molecule has 22 heavy (non-hydrogen) atoms. The molecule has 0 radical (unpaired) electrons. The Hall–Kier alpha value is -2.05. The third kappa shape index (κ3) is 4.22. The third-order valence-electron chi connectivity index (χ3n) is 3.11. The summed E-state index contributed by atoms with van der Waals surface area (Å²) in [6.07, 6.45) is 0.654. The molecule has 0 bridgehead atoms. The topological polar surface area (TPSA) is 82.5 Å². The lowest BCUT2D eigenvalue weighted by Crippen LogP contribution is -2.24. The average molecular weight is 305 g/mol. The van der Waals surface area contributed by atoms with Crippen molar-refractivity contribution < 1.29 is 14.6 Å². The van der Waals surface area contributed by atoms with Crippen LogP contribution < -0.4 is 10.5 Å². The monoisotopic (exact) mass is 305 g/mol. The first-order valence-electron chi connectivity index (χ1n) is 7.28. The van der Waals surface area contributed by atoms with E-state index in [2.05, 4.69) is 5.10 Å². The maximum atomic E-state index is 9.45. The van der Waals surface area contributed by atoms with Crippen LogP contribution in [0.5, 0.6) is 5.88 Å². The molecule has 0 amide bonds. The summed E-state index contributed by atoms with van der Waals surface area (Å²) in [7, 11) is 0. The van der Waals surface area contributed by atoms with Gasteiger partial charge in [-0.3, -0.25) is 0 Å². The average Bonchev–Trinajstić information content (AvgIpc) is 2.75. The Balaban J connectivity index is 1.95. The molecule has 6 nitrogen and oxygen atoms in total. The van der Waals surface area contributed by atoms with Crippen LogP contribution in [0.2, 0.25) is 0 Å². The second-order valence-electron chi connectivity index (χ2n) is 5.56. The molecule has 1 heterocycles. The lowest BCUT2D eigenvalue weighted by Gasteiger charge is -2.17. The molecule has 0 saturated heterocycles. The van der Waals surface area contributed by atoms with Crippen LogP contribution in [0.3, 0.4) is 0 Å². The number of hydrogen-bond acceptors (Lipinski definition) is 5. The number of nitrogens with zero attached hydrogens (tertiary/aromatic N) is 2. The van der Waals surface area contributed by atoms with Crippen LogP contribution in [0.15, 0.2) is 30.3 Å². The number of hydrogen-bond donors (Lipinski definition) is 2. The fourth-order valence-electron chi connectivity index (χ4n) is 1.94. The fourth-order valence-corrected chi connectivity index (χ4v) is 1.94. The van der Waals surface area contributed by atoms with Crippen molar-refractivity contribution in [3.63, 3.8) is 0 Å². The molecule has 0 spiro atoms. The summed E-state index contributed by atoms with van der Waals surface area (Å²) in [5.74, 6) is -0.0338. The van der Waals surface area contributed by atoms with E-state index < -0.39 is 5.79 Å². The normalized spacial score (nSPS) is 11.6. The van der Waals surface area contributed by atoms with Gasteiger partial charge in [-0.2, -0.15) is 0 Å². The highest BCUT2D eigenvalue weighted by atomic mass is 16.6. The first kappa shape index (κ1) is 16.3. The van der Waals surface area contributed by atoms with Crippen LogP contribution in [0.4, 0.5) is 5.82 Å². The van der Waals surface area contributed by atoms with Crippen molar-refractivity contribution in [2.24, 2.45) is 0 Å². The molecule has 0 aliphatic heterocycles. The molecule has 0 atom stereocenters. The first-order valence-corrected chi connectivity index (χ1v) is 7.28. The Kier molecular flexibility index (Phi) is 5.05. The predicted molar refractivity (Wildman–Crippen MR) is 85.1 cm³/mol. The number of aliphatic hydroxyl groups is 1. The molecule has 0 aliphatic rings. The van der Waals surface area contributed by atoms with Crippen molar-refractivity contribution in [3.8, 4) is 11.6 Å². The van der Waals surface area contributed by atoms with Gasteiger partial charge in [0, 0.05) is 6.42 Å². The maximum absolute atomic E-state index is 9.45. The predicted octanol–water partition coefficient (Wildman–Crippen LogP) is 2.28. The fraction of sp³-hybridized carbons (Fsp3) is 0.438. The molecule has 2 rings (SSSR count). The van der Waals surface area contributed by atoms with Crippen LogP contribution in [-0.2, 0) is 4.74 Å². The van der Waals surface area contributed by atoms with E-state index in [1.165, 1.54) is 0 Å². The van der Waals surface area contributed by atoms with Gasteiger partial charge in [0.15, 0.2) is 5.79 Å². The van der Waals surface area contributed by atoms with Crippen LogP contribution in [0, 0.1) is 6.92 Å². The van der Waals surface area contributed by atoms with Gasteiger partial charge in [-0.1, -0.05) is 18.2 Å². The largest absolute Gasteiger partial charge is 0.476 e. The van der Waals surface area contributed by atoms with Crippen LogP contribution in [0.1, 0.15) is 25.8 Å². The van der Waals surface area contributed by atoms with Crippen molar-refractivity contribution in [1.82, 2.24) is 9.78 Å². The molecule has 0 fully saturated rings. The van der Waals surface area contributed by atoms with Crippen molar-refractivity contribution in [2.45, 2.75) is 33.0 Å². The zero-order valence-electron chi connectivity index (χ0n) is 13.2. The van der Waals surface area contributed by atoms with E-state index in [0.29, 0.717) is 31.3 Å². The van der Waals surface area contributed by atoms with E-state index in [1.54, 1.807) is 18.5 Å². The molecular formula is C16H23N3O3. The number of rotatable bonds is 7. The second kappa shape index (κ2) is 6.81. The van der Waals surface area contributed by atoms with Gasteiger partial charge in [-0.15, -0.1) is 5.10 Å². The first-order chi connectivity index (χ1) is 10.4. The molecule has 1 aromatic heterocycles. The zero-order valence-corrected chi connectivity index (χ0v) is 13.2. The standard InChI is InChI=1S/C16H23N3O3/c1-12-14(17)19(13-8-5-4-6-9-13)18-15(12)21-10-7-11-22-16(2,3)20/h4-6,8-9,20H,7,10-11,17H2,1-3H3. The minimum atomic E-state index is -1.12. The van der Waals surface area contributed by atoms with E-state index in [0.717, 1.165) is 11.3 Å². The van der Waals surface area contributed by atoms with Crippen molar-refractivity contribution in [3.05, 3.63) is 35.9 Å². The summed E-state index contributed by atoms with van der Waals surface area (Å²) >= 11 is 0. The Morgan fingerprint density at radius 2 is 1.91 bits per heavy atom. The molecule has 0 saturated carbocycles. The van der Waals surface area contributed by atoms with Gasteiger partial charge < -0.3 is 20.3 Å². The molecular weight excluding hydrogens is 282 g/mol. The smallest absolute Gasteiger partial charge is 0.238 e. The minimum absolute atomic E-state index is 0.414. The number of nitrogens with two attached hydrogens (primary N) is 1. The summed E-state index contributed by atoms with van der Waals surface area (Å²) in [6, 6.07) is 9.67. The summed E-state index contributed by atoms with van der Waals surface area (Å²) < 4.78 is 12.5. The van der Waals surface area contributed by atoms with Gasteiger partial charge >= 0.3 is 0 Å². The highest BCUT2D eigenvalue weighted by molar-refractivity contribution is 5.51. The van der Waals surface area contributed by atoms with Crippen molar-refractivity contribution in [1.29, 1.82) is 0 Å². The number of para-hydroxylation sites is 1. The van der Waals surface area contributed by atoms with E-state index in [4.69, 9.17) is 15.2 Å². The van der Waals surface area contributed by atoms with Gasteiger partial charge in [-0.05, 0) is 32.9 Å². The maximum Gasteiger partial charge on any atom is 0.238 e. The number of ether oxygens (including phenoxy) is 2. The second-order valence-corrected chi connectivity index (χ2v) is 5.56. The quantitative estimate of drug-likeness (QED) is 0.606. The highest BCUT2D eigenvalue weighted by Crippen LogP contribution is 2.25. The third-order valence-corrected chi connectivity index (χ3v) is 3.11. The van der Waals surface area contributed by atoms with Gasteiger partial charge in [0.25, 0.3) is 0 Å². The minimum Gasteiger partial charge on any atom is -0.476 e. The number of benzene rings is 1. The highest BCUT2D eigenvalue weighted by Gasteiger charge is 2.15. The SMILES string of the molecule is Cc1c(OCCCOC(C)(C)O)nn(-c2ccccc2)c1N. The van der Waals surface area contributed by atoms with Gasteiger partial charge in [0.2, 0.25) is 5.88 Å². The Bertz CT molecular complexity index is 603. The van der Waals surface area contributed by atoms with Gasteiger partial charge in [-0.25, -0.2) is 4.68 Å². The summed E-state index contributed by atoms with van der Waals surface area (Å²) in [6.45, 7) is 5.94. The molecule has 120 valence electrons. The Morgan fingerprint density at radius 3 is 2.55 bits per heavy atom. The Morgan fingerprint density at radius 1 is 1.23 bits per heavy atom. The molecule has 3 N–H and O–H groups in total. The summed E-state index contributed by atoms with van der Waals surface area (Å²) in [5, 5.41) is 13.9. The van der Waals surface area contributed by atoms with Crippen molar-refractivity contribution >= 4 is 5.82 Å². The lowest BCUT2D eigenvalue weighted by atomic mass is 10.3. The Labute approximate surface area is 130 Å². The number of aromatic nitrogens is 2. The zero-order chi connectivity index (χ0) is 16.2. The van der Waals surface area contributed by atoms with Gasteiger partial charge in [0.05, 0.1) is 24.5 Å². The molecule has 0 aliphatic carbocycles. The van der Waals surface area contributed by atoms with E-state index >= 15 is 0 Å². The van der Waals surface area contributed by atoms with E-state index in [9.17, 15) is 5.11 Å². The summed E-state index contributed by atoms with van der Waals surface area (Å²) in [5.41, 5.74) is 7.79. The molecule has 6 heteroatoms. The van der Waals surface area contributed by atoms with E-state index in [-0.39, 0.29) is 0 Å². The van der Waals surface area contributed by atoms with Crippen LogP contribution in [0.25, 0.3) is 5.69 Å². The summed E-state index contributed by atoms with van der Waals surface area (Å²) in [4.78, 5) is 0. The molecule has 0 unspecified atom stereocenters.